The van der Waals surface area contributed by atoms with Crippen LogP contribution in [0.1, 0.15) is 31.7 Å². The van der Waals surface area contributed by atoms with Gasteiger partial charge in [-0.05, 0) is 55.9 Å². The van der Waals surface area contributed by atoms with E-state index in [4.69, 9.17) is 9.47 Å². The van der Waals surface area contributed by atoms with Crippen LogP contribution in [0.15, 0.2) is 29.8 Å². The van der Waals surface area contributed by atoms with Gasteiger partial charge < -0.3 is 14.4 Å². The molecule has 0 amide bonds. The van der Waals surface area contributed by atoms with E-state index < -0.39 is 0 Å². The van der Waals surface area contributed by atoms with E-state index >= 15 is 0 Å². The summed E-state index contributed by atoms with van der Waals surface area (Å²) >= 11 is 0. The quantitative estimate of drug-likeness (QED) is 0.593. The first-order valence-corrected chi connectivity index (χ1v) is 9.95. The third-order valence-electron chi connectivity index (χ3n) is 8.03. The number of hydrogen-bond donors (Lipinski definition) is 0. The standard InChI is InChI=1S/C22H28N2O3/c1-5-14-13-24-11-10-21-17-12-15(26-3)6-7-18(17)23(2)22(21,24)9-8-16(14)19(21)20(25)27-4/h5-7,12,16,19H,8-11,13H2,1-4H3/b14-5+/t16-,19+,21+,22+/m1/s1. The van der Waals surface area contributed by atoms with Gasteiger partial charge in [0.25, 0.3) is 0 Å². The molecule has 1 saturated carbocycles. The highest BCUT2D eigenvalue weighted by molar-refractivity contribution is 5.82. The van der Waals surface area contributed by atoms with Gasteiger partial charge in [0.05, 0.1) is 20.1 Å². The minimum Gasteiger partial charge on any atom is -0.497 e. The van der Waals surface area contributed by atoms with Crippen LogP contribution < -0.4 is 9.64 Å². The van der Waals surface area contributed by atoms with Gasteiger partial charge in [-0.15, -0.1) is 0 Å². The Balaban J connectivity index is 1.84. The topological polar surface area (TPSA) is 42.0 Å². The Hall–Kier alpha value is -2.01. The van der Waals surface area contributed by atoms with Crippen LogP contribution in [0.25, 0.3) is 0 Å². The monoisotopic (exact) mass is 368 g/mol. The highest BCUT2D eigenvalue weighted by atomic mass is 16.5. The van der Waals surface area contributed by atoms with Crippen molar-refractivity contribution >= 4 is 11.7 Å². The summed E-state index contributed by atoms with van der Waals surface area (Å²) in [4.78, 5) is 18.3. The van der Waals surface area contributed by atoms with Crippen LogP contribution >= 0.6 is 0 Å². The minimum absolute atomic E-state index is 0.0590. The number of benzene rings is 1. The maximum Gasteiger partial charge on any atom is 0.310 e. The van der Waals surface area contributed by atoms with Gasteiger partial charge in [0.15, 0.2) is 0 Å². The number of ether oxygens (including phenoxy) is 2. The van der Waals surface area contributed by atoms with Crippen molar-refractivity contribution in [2.75, 3.05) is 39.3 Å². The zero-order valence-corrected chi connectivity index (χ0v) is 16.6. The van der Waals surface area contributed by atoms with Gasteiger partial charge in [-0.3, -0.25) is 9.69 Å². The molecule has 1 aromatic rings. The fraction of sp³-hybridized carbons (Fsp3) is 0.591. The molecule has 4 bridgehead atoms. The van der Waals surface area contributed by atoms with Crippen LogP contribution in [0.3, 0.4) is 0 Å². The van der Waals surface area contributed by atoms with Gasteiger partial charge in [-0.2, -0.15) is 0 Å². The largest absolute Gasteiger partial charge is 0.497 e. The molecule has 4 aliphatic heterocycles. The number of allylic oxidation sites excluding steroid dienone is 1. The van der Waals surface area contributed by atoms with Gasteiger partial charge >= 0.3 is 5.97 Å². The van der Waals surface area contributed by atoms with E-state index in [0.29, 0.717) is 0 Å². The summed E-state index contributed by atoms with van der Waals surface area (Å²) in [5.74, 6) is 0.912. The first kappa shape index (κ1) is 17.1. The predicted molar refractivity (Wildman–Crippen MR) is 104 cm³/mol. The molecule has 1 spiro atoms. The van der Waals surface area contributed by atoms with Gasteiger partial charge in [-0.1, -0.05) is 11.6 Å². The summed E-state index contributed by atoms with van der Waals surface area (Å²) in [5, 5.41) is 0. The summed E-state index contributed by atoms with van der Waals surface area (Å²) in [6.07, 6.45) is 5.34. The third-order valence-corrected chi connectivity index (χ3v) is 8.03. The van der Waals surface area contributed by atoms with Crippen molar-refractivity contribution in [3.8, 4) is 5.75 Å². The fourth-order valence-corrected chi connectivity index (χ4v) is 7.06. The van der Waals surface area contributed by atoms with Crippen molar-refractivity contribution in [2.24, 2.45) is 11.8 Å². The second-order valence-electron chi connectivity index (χ2n) is 8.41. The molecule has 5 aliphatic rings. The fourth-order valence-electron chi connectivity index (χ4n) is 7.06. The third kappa shape index (κ3) is 1.73. The molecule has 4 fully saturated rings. The molecule has 4 heterocycles. The molecular formula is C22H28N2O3. The lowest BCUT2D eigenvalue weighted by molar-refractivity contribution is -0.154. The molecule has 0 N–H and O–H groups in total. The molecule has 5 nitrogen and oxygen atoms in total. The summed E-state index contributed by atoms with van der Waals surface area (Å²) < 4.78 is 11.0. The van der Waals surface area contributed by atoms with E-state index in [9.17, 15) is 4.79 Å². The molecule has 27 heavy (non-hydrogen) atoms. The predicted octanol–water partition coefficient (Wildman–Crippen LogP) is 2.94. The Kier molecular flexibility index (Phi) is 3.49. The van der Waals surface area contributed by atoms with E-state index in [1.165, 1.54) is 23.9 Å². The van der Waals surface area contributed by atoms with Crippen LogP contribution in [0.4, 0.5) is 5.69 Å². The number of hydrogen-bond acceptors (Lipinski definition) is 5. The van der Waals surface area contributed by atoms with Crippen molar-refractivity contribution in [1.82, 2.24) is 4.90 Å². The second-order valence-corrected chi connectivity index (χ2v) is 8.41. The molecule has 5 atom stereocenters. The van der Waals surface area contributed by atoms with E-state index in [1.807, 2.05) is 6.07 Å². The lowest BCUT2D eigenvalue weighted by Gasteiger charge is -2.54. The van der Waals surface area contributed by atoms with Gasteiger partial charge in [0.2, 0.25) is 0 Å². The maximum atomic E-state index is 13.2. The van der Waals surface area contributed by atoms with E-state index in [-0.39, 0.29) is 28.9 Å². The number of carbonyl (C=O) groups excluding carboxylic acids is 1. The lowest BCUT2D eigenvalue weighted by Crippen LogP contribution is -2.66. The van der Waals surface area contributed by atoms with Crippen molar-refractivity contribution < 1.29 is 14.3 Å². The van der Waals surface area contributed by atoms with Crippen molar-refractivity contribution in [3.63, 3.8) is 0 Å². The van der Waals surface area contributed by atoms with E-state index in [1.54, 1.807) is 7.11 Å². The Bertz CT molecular complexity index is 850. The number of likely N-dealkylation sites (N-methyl/N-ethyl adjacent to an activating group) is 1. The van der Waals surface area contributed by atoms with Crippen molar-refractivity contribution in [1.29, 1.82) is 0 Å². The van der Waals surface area contributed by atoms with Crippen LogP contribution in [-0.4, -0.2) is 50.9 Å². The number of nitrogens with zero attached hydrogens (tertiary/aromatic N) is 2. The van der Waals surface area contributed by atoms with Crippen molar-refractivity contribution in [3.05, 3.63) is 35.4 Å². The van der Waals surface area contributed by atoms with Crippen molar-refractivity contribution in [2.45, 2.75) is 37.3 Å². The van der Waals surface area contributed by atoms with Gasteiger partial charge in [0.1, 0.15) is 11.4 Å². The molecule has 1 aromatic carbocycles. The average molecular weight is 368 g/mol. The molecule has 0 radical (unpaired) electrons. The molecular weight excluding hydrogens is 340 g/mol. The summed E-state index contributed by atoms with van der Waals surface area (Å²) in [5.41, 5.74) is 3.51. The van der Waals surface area contributed by atoms with Crippen LogP contribution in [-0.2, 0) is 14.9 Å². The highest BCUT2D eigenvalue weighted by Gasteiger charge is 2.75. The number of carbonyl (C=O) groups is 1. The first-order chi connectivity index (χ1) is 13.0. The average Bonchev–Trinajstić information content (AvgIpc) is 3.03. The molecule has 5 heteroatoms. The lowest BCUT2D eigenvalue weighted by atomic mass is 9.54. The zero-order chi connectivity index (χ0) is 19.0. The molecule has 3 saturated heterocycles. The molecule has 6 rings (SSSR count). The Labute approximate surface area is 160 Å². The smallest absolute Gasteiger partial charge is 0.310 e. The Morgan fingerprint density at radius 3 is 2.81 bits per heavy atom. The summed E-state index contributed by atoms with van der Waals surface area (Å²) in [7, 11) is 5.46. The van der Waals surface area contributed by atoms with E-state index in [0.717, 1.165) is 38.1 Å². The zero-order valence-electron chi connectivity index (χ0n) is 16.6. The minimum atomic E-state index is -0.244. The Morgan fingerprint density at radius 1 is 1.30 bits per heavy atom. The molecule has 0 aromatic heterocycles. The molecule has 1 aliphatic carbocycles. The number of methoxy groups -OCH3 is 2. The van der Waals surface area contributed by atoms with Crippen LogP contribution in [0, 0.1) is 11.8 Å². The molecule has 144 valence electrons. The second kappa shape index (κ2) is 5.51. The number of esters is 1. The van der Waals surface area contributed by atoms with Crippen LogP contribution in [0.2, 0.25) is 0 Å². The summed E-state index contributed by atoms with van der Waals surface area (Å²) in [6, 6.07) is 6.38. The molecule has 1 unspecified atom stereocenters. The SMILES string of the molecule is C/C=C1\CN2CC[C@@]34c5cc(OC)ccc5N(C)[C@@]23CC[C@H]1[C@H]4C(=O)OC. The summed E-state index contributed by atoms with van der Waals surface area (Å²) in [6.45, 7) is 4.08. The van der Waals surface area contributed by atoms with Gasteiger partial charge in [0, 0.05) is 31.2 Å². The first-order valence-electron chi connectivity index (χ1n) is 9.95. The normalized spacial score (nSPS) is 39.9. The maximum absolute atomic E-state index is 13.2. The Morgan fingerprint density at radius 2 is 2.11 bits per heavy atom. The number of fused-ring (bicyclic) bond motifs is 3. The number of anilines is 1. The van der Waals surface area contributed by atoms with Crippen LogP contribution in [0.5, 0.6) is 5.75 Å². The number of rotatable bonds is 2. The van der Waals surface area contributed by atoms with E-state index in [2.05, 4.69) is 42.0 Å². The highest BCUT2D eigenvalue weighted by Crippen LogP contribution is 2.69. The van der Waals surface area contributed by atoms with Gasteiger partial charge in [-0.25, -0.2) is 0 Å².